The summed E-state index contributed by atoms with van der Waals surface area (Å²) in [5.74, 6) is -0.503. The van der Waals surface area contributed by atoms with Crippen LogP contribution in [-0.2, 0) is 20.0 Å². The molecule has 3 aromatic rings. The number of nitrogens with one attached hydrogen (secondary N) is 3. The Morgan fingerprint density at radius 3 is 2.23 bits per heavy atom. The lowest BCUT2D eigenvalue weighted by Crippen LogP contribution is -2.14. The lowest BCUT2D eigenvalue weighted by Gasteiger charge is -2.10. The van der Waals surface area contributed by atoms with Crippen LogP contribution < -0.4 is 14.8 Å². The van der Waals surface area contributed by atoms with E-state index in [2.05, 4.69) is 19.7 Å². The fourth-order valence-electron chi connectivity index (χ4n) is 2.50. The first-order valence-corrected chi connectivity index (χ1v) is 12.4. The van der Waals surface area contributed by atoms with Crippen LogP contribution in [0.4, 0.5) is 17.1 Å². The van der Waals surface area contributed by atoms with Gasteiger partial charge in [0, 0.05) is 17.4 Å². The molecule has 3 rings (SSSR count). The summed E-state index contributed by atoms with van der Waals surface area (Å²) < 4.78 is 52.2. The number of sulfonamides is 2. The van der Waals surface area contributed by atoms with Crippen LogP contribution in [0.1, 0.15) is 10.4 Å². The fraction of sp³-hybridized carbons (Fsp3) is 0.0526. The second-order valence-corrected chi connectivity index (χ2v) is 10.2. The number of carbonyl (C=O) groups is 1. The van der Waals surface area contributed by atoms with Gasteiger partial charge in [-0.1, -0.05) is 11.6 Å². The summed E-state index contributed by atoms with van der Waals surface area (Å²) in [5, 5.41) is 2.68. The van der Waals surface area contributed by atoms with E-state index in [0.717, 1.165) is 6.26 Å². The quantitative estimate of drug-likeness (QED) is 0.475. The van der Waals surface area contributed by atoms with Crippen molar-refractivity contribution in [3.8, 4) is 0 Å². The Kier molecular flexibility index (Phi) is 6.48. The molecule has 31 heavy (non-hydrogen) atoms. The van der Waals surface area contributed by atoms with Gasteiger partial charge in [-0.15, -0.1) is 0 Å². The van der Waals surface area contributed by atoms with Crippen LogP contribution in [0.3, 0.4) is 0 Å². The van der Waals surface area contributed by atoms with Crippen LogP contribution in [0.15, 0.2) is 71.9 Å². The summed E-state index contributed by atoms with van der Waals surface area (Å²) >= 11 is 6.03. The molecule has 0 aliphatic carbocycles. The molecule has 0 aliphatic rings. The number of hydrogen-bond acceptors (Lipinski definition) is 6. The van der Waals surface area contributed by atoms with E-state index >= 15 is 0 Å². The van der Waals surface area contributed by atoms with Crippen molar-refractivity contribution in [3.05, 3.63) is 77.6 Å². The SMILES string of the molecule is CS(=O)(=O)Nc1ccc(C(=O)Nc2ccc(S(=O)(=O)Nc3cccnc3)cc2)cc1Cl. The van der Waals surface area contributed by atoms with Gasteiger partial charge in [-0.25, -0.2) is 16.8 Å². The maximum absolute atomic E-state index is 12.4. The summed E-state index contributed by atoms with van der Waals surface area (Å²) in [7, 11) is -7.32. The van der Waals surface area contributed by atoms with Crippen LogP contribution in [-0.4, -0.2) is 34.0 Å². The molecule has 1 heterocycles. The van der Waals surface area contributed by atoms with Crippen molar-refractivity contribution in [2.24, 2.45) is 0 Å². The summed E-state index contributed by atoms with van der Waals surface area (Å²) in [6.45, 7) is 0. The number of anilines is 3. The van der Waals surface area contributed by atoms with Crippen molar-refractivity contribution in [2.75, 3.05) is 21.0 Å². The molecule has 12 heteroatoms. The standard InChI is InChI=1S/C19H17ClN4O5S2/c1-30(26,27)24-18-9-4-13(11-17(18)20)19(25)22-14-5-7-16(8-6-14)31(28,29)23-15-3-2-10-21-12-15/h2-12,23-24H,1H3,(H,22,25). The lowest BCUT2D eigenvalue weighted by atomic mass is 10.2. The third-order valence-electron chi connectivity index (χ3n) is 3.86. The Hall–Kier alpha value is -3.15. The van der Waals surface area contributed by atoms with Crippen LogP contribution in [0.5, 0.6) is 0 Å². The molecular formula is C19H17ClN4O5S2. The van der Waals surface area contributed by atoms with Gasteiger partial charge in [0.1, 0.15) is 0 Å². The first-order chi connectivity index (χ1) is 14.5. The number of hydrogen-bond donors (Lipinski definition) is 3. The van der Waals surface area contributed by atoms with Crippen molar-refractivity contribution in [3.63, 3.8) is 0 Å². The van der Waals surface area contributed by atoms with Crippen LogP contribution in [0, 0.1) is 0 Å². The van der Waals surface area contributed by atoms with Crippen LogP contribution in [0.25, 0.3) is 0 Å². The third-order valence-corrected chi connectivity index (χ3v) is 6.16. The number of aromatic nitrogens is 1. The number of carbonyl (C=O) groups excluding carboxylic acids is 1. The molecule has 0 saturated carbocycles. The van der Waals surface area contributed by atoms with E-state index in [4.69, 9.17) is 11.6 Å². The Morgan fingerprint density at radius 1 is 0.935 bits per heavy atom. The summed E-state index contributed by atoms with van der Waals surface area (Å²) in [4.78, 5) is 16.3. The summed E-state index contributed by atoms with van der Waals surface area (Å²) in [6, 6.07) is 12.9. The van der Waals surface area contributed by atoms with E-state index in [1.807, 2.05) is 0 Å². The van der Waals surface area contributed by atoms with Gasteiger partial charge in [-0.2, -0.15) is 0 Å². The van der Waals surface area contributed by atoms with Crippen molar-refractivity contribution in [1.29, 1.82) is 0 Å². The minimum Gasteiger partial charge on any atom is -0.322 e. The second kappa shape index (κ2) is 8.92. The number of halogens is 1. The van der Waals surface area contributed by atoms with E-state index in [1.165, 1.54) is 54.9 Å². The third kappa shape index (κ3) is 6.17. The summed E-state index contributed by atoms with van der Waals surface area (Å²) in [6.07, 6.45) is 3.90. The molecule has 0 bridgehead atoms. The molecule has 2 aromatic carbocycles. The Balaban J connectivity index is 1.71. The fourth-order valence-corrected chi connectivity index (χ4v) is 4.40. The molecule has 0 spiro atoms. The molecule has 0 unspecified atom stereocenters. The molecule has 162 valence electrons. The Bertz CT molecular complexity index is 1310. The molecule has 3 N–H and O–H groups in total. The van der Waals surface area contributed by atoms with Gasteiger partial charge in [-0.05, 0) is 54.6 Å². The van der Waals surface area contributed by atoms with Gasteiger partial charge < -0.3 is 5.32 Å². The molecule has 0 fully saturated rings. The highest BCUT2D eigenvalue weighted by Gasteiger charge is 2.15. The zero-order valence-electron chi connectivity index (χ0n) is 16.0. The topological polar surface area (TPSA) is 134 Å². The van der Waals surface area contributed by atoms with Crippen molar-refractivity contribution < 1.29 is 21.6 Å². The predicted molar refractivity (Wildman–Crippen MR) is 119 cm³/mol. The first kappa shape index (κ1) is 22.5. The maximum Gasteiger partial charge on any atom is 0.261 e. The molecule has 0 atom stereocenters. The Labute approximate surface area is 184 Å². The van der Waals surface area contributed by atoms with Gasteiger partial charge in [0.15, 0.2) is 0 Å². The lowest BCUT2D eigenvalue weighted by molar-refractivity contribution is 0.102. The number of rotatable bonds is 7. The van der Waals surface area contributed by atoms with Gasteiger partial charge in [0.05, 0.1) is 33.7 Å². The number of amides is 1. The zero-order valence-corrected chi connectivity index (χ0v) is 18.4. The number of nitrogens with zero attached hydrogens (tertiary/aromatic N) is 1. The summed E-state index contributed by atoms with van der Waals surface area (Å²) in [5.41, 5.74) is 1.03. The van der Waals surface area contributed by atoms with E-state index in [-0.39, 0.29) is 21.2 Å². The molecule has 0 aliphatic heterocycles. The largest absolute Gasteiger partial charge is 0.322 e. The van der Waals surface area contributed by atoms with Crippen molar-refractivity contribution >= 4 is 54.6 Å². The van der Waals surface area contributed by atoms with Crippen LogP contribution >= 0.6 is 11.6 Å². The van der Waals surface area contributed by atoms with E-state index in [9.17, 15) is 21.6 Å². The van der Waals surface area contributed by atoms with Crippen molar-refractivity contribution in [1.82, 2.24) is 4.98 Å². The molecule has 0 radical (unpaired) electrons. The average molecular weight is 481 g/mol. The zero-order chi connectivity index (χ0) is 22.6. The highest BCUT2D eigenvalue weighted by atomic mass is 35.5. The minimum atomic E-state index is -3.81. The maximum atomic E-state index is 12.4. The first-order valence-electron chi connectivity index (χ1n) is 8.65. The number of pyridine rings is 1. The molecule has 1 aromatic heterocycles. The van der Waals surface area contributed by atoms with Gasteiger partial charge in [0.2, 0.25) is 10.0 Å². The minimum absolute atomic E-state index is 0.00796. The monoisotopic (exact) mass is 480 g/mol. The highest BCUT2D eigenvalue weighted by Crippen LogP contribution is 2.25. The highest BCUT2D eigenvalue weighted by molar-refractivity contribution is 7.92. The van der Waals surface area contributed by atoms with E-state index < -0.39 is 26.0 Å². The smallest absolute Gasteiger partial charge is 0.261 e. The molecule has 0 saturated heterocycles. The molecule has 1 amide bonds. The van der Waals surface area contributed by atoms with Crippen molar-refractivity contribution in [2.45, 2.75) is 4.90 Å². The second-order valence-electron chi connectivity index (χ2n) is 6.39. The van der Waals surface area contributed by atoms with E-state index in [1.54, 1.807) is 12.1 Å². The molecular weight excluding hydrogens is 464 g/mol. The average Bonchev–Trinajstić information content (AvgIpc) is 2.69. The molecule has 9 nitrogen and oxygen atoms in total. The normalized spacial score (nSPS) is 11.5. The number of benzene rings is 2. The van der Waals surface area contributed by atoms with Gasteiger partial charge in [-0.3, -0.25) is 19.2 Å². The Morgan fingerprint density at radius 2 is 1.65 bits per heavy atom. The van der Waals surface area contributed by atoms with Gasteiger partial charge >= 0.3 is 0 Å². The van der Waals surface area contributed by atoms with Crippen LogP contribution in [0.2, 0.25) is 5.02 Å². The predicted octanol–water partition coefficient (Wildman–Crippen LogP) is 3.16. The van der Waals surface area contributed by atoms with E-state index in [0.29, 0.717) is 11.4 Å². The van der Waals surface area contributed by atoms with Gasteiger partial charge in [0.25, 0.3) is 15.9 Å².